The molecule has 0 amide bonds. The molecule has 9 heteroatoms. The van der Waals surface area contributed by atoms with Gasteiger partial charge in [-0.2, -0.15) is 8.42 Å². The smallest absolute Gasteiger partial charge is 0.295 e. The lowest BCUT2D eigenvalue weighted by atomic mass is 10.0. The van der Waals surface area contributed by atoms with Crippen LogP contribution in [0, 0.1) is 0 Å². The lowest BCUT2D eigenvalue weighted by Crippen LogP contribution is -1.99. The maximum atomic E-state index is 12.0. The molecule has 0 aliphatic carbocycles. The van der Waals surface area contributed by atoms with Crippen molar-refractivity contribution in [2.45, 2.75) is 4.90 Å². The van der Waals surface area contributed by atoms with E-state index in [0.717, 1.165) is 0 Å². The Morgan fingerprint density at radius 2 is 1.62 bits per heavy atom. The number of hydrogen-bond acceptors (Lipinski definition) is 5. The van der Waals surface area contributed by atoms with Crippen LogP contribution in [0.1, 0.15) is 0 Å². The summed E-state index contributed by atoms with van der Waals surface area (Å²) in [6.45, 7) is 0. The molecule has 0 aliphatic rings. The number of hydrogen-bond donors (Lipinski definition) is 4. The molecule has 4 aromatic carbocycles. The van der Waals surface area contributed by atoms with Gasteiger partial charge in [-0.05, 0) is 35.9 Å². The molecule has 0 atom stereocenters. The summed E-state index contributed by atoms with van der Waals surface area (Å²) >= 11 is 6.09. The second-order valence-electron chi connectivity index (χ2n) is 7.24. The van der Waals surface area contributed by atoms with Crippen molar-refractivity contribution >= 4 is 43.5 Å². The zero-order valence-electron chi connectivity index (χ0n) is 16.2. The molecular weight excluding hydrogens is 452 g/mol. The molecular formula is C23H15ClN2O5S. The van der Waals surface area contributed by atoms with Crippen molar-refractivity contribution in [1.29, 1.82) is 0 Å². The third-order valence-electron chi connectivity index (χ3n) is 5.26. The highest BCUT2D eigenvalue weighted by Gasteiger charge is 2.22. The van der Waals surface area contributed by atoms with E-state index in [1.165, 1.54) is 24.3 Å². The molecule has 5 rings (SSSR count). The van der Waals surface area contributed by atoms with Crippen molar-refractivity contribution in [1.82, 2.24) is 9.97 Å². The number of nitrogens with zero attached hydrogens (tertiary/aromatic N) is 1. The van der Waals surface area contributed by atoms with Crippen LogP contribution in [0.5, 0.6) is 11.5 Å². The first kappa shape index (κ1) is 20.3. The Morgan fingerprint density at radius 1 is 0.906 bits per heavy atom. The van der Waals surface area contributed by atoms with Crippen LogP contribution in [0.15, 0.2) is 71.6 Å². The van der Waals surface area contributed by atoms with Crippen LogP contribution in [0.2, 0.25) is 5.02 Å². The van der Waals surface area contributed by atoms with Crippen LogP contribution in [0.4, 0.5) is 0 Å². The first-order chi connectivity index (χ1) is 15.2. The molecule has 0 aliphatic heterocycles. The van der Waals surface area contributed by atoms with Crippen molar-refractivity contribution < 1.29 is 23.2 Å². The maximum absolute atomic E-state index is 12.0. The standard InChI is InChI=1S/C23H15ClN2O5S/c24-13-5-1-4-12(10-13)14-6-2-8-16(22(14)28)23-25-17-11-19(32(29,30)31)15-7-3-9-18(27)20(15)21(17)26-23/h1-11,27-28H,(H,25,26)(H,29,30,31). The van der Waals surface area contributed by atoms with Gasteiger partial charge in [0.2, 0.25) is 0 Å². The van der Waals surface area contributed by atoms with E-state index < -0.39 is 10.1 Å². The van der Waals surface area contributed by atoms with Crippen molar-refractivity contribution in [3.05, 3.63) is 71.8 Å². The second-order valence-corrected chi connectivity index (χ2v) is 9.07. The highest BCUT2D eigenvalue weighted by atomic mass is 35.5. The lowest BCUT2D eigenvalue weighted by Gasteiger charge is -2.08. The SMILES string of the molecule is O=S(=O)(O)c1cc2[nH]c(-c3cccc(-c4cccc(Cl)c4)c3O)nc2c2c(O)cccc12. The Balaban J connectivity index is 1.79. The molecule has 0 radical (unpaired) electrons. The molecule has 160 valence electrons. The van der Waals surface area contributed by atoms with Gasteiger partial charge in [-0.25, -0.2) is 4.98 Å². The number of H-pyrrole nitrogens is 1. The minimum absolute atomic E-state index is 0.0441. The molecule has 5 aromatic rings. The second kappa shape index (κ2) is 7.23. The maximum Gasteiger partial charge on any atom is 0.295 e. The van der Waals surface area contributed by atoms with Gasteiger partial charge in [-0.3, -0.25) is 4.55 Å². The summed E-state index contributed by atoms with van der Waals surface area (Å²) in [7, 11) is -4.57. The van der Waals surface area contributed by atoms with Gasteiger partial charge in [-0.1, -0.05) is 48.0 Å². The van der Waals surface area contributed by atoms with Crippen LogP contribution in [0.25, 0.3) is 44.3 Å². The number of rotatable bonds is 3. The molecule has 0 spiro atoms. The number of aromatic amines is 1. The zero-order chi connectivity index (χ0) is 22.6. The first-order valence-corrected chi connectivity index (χ1v) is 11.3. The van der Waals surface area contributed by atoms with Gasteiger partial charge in [0, 0.05) is 16.0 Å². The quantitative estimate of drug-likeness (QED) is 0.265. The van der Waals surface area contributed by atoms with Gasteiger partial charge in [0.05, 0.1) is 16.5 Å². The fraction of sp³-hybridized carbons (Fsp3) is 0. The number of para-hydroxylation sites is 1. The van der Waals surface area contributed by atoms with E-state index in [2.05, 4.69) is 9.97 Å². The molecule has 32 heavy (non-hydrogen) atoms. The highest BCUT2D eigenvalue weighted by Crippen LogP contribution is 2.40. The number of fused-ring (bicyclic) bond motifs is 3. The van der Waals surface area contributed by atoms with Crippen molar-refractivity contribution in [2.75, 3.05) is 0 Å². The number of phenolic OH excluding ortho intramolecular Hbond substituents is 2. The minimum Gasteiger partial charge on any atom is -0.507 e. The topological polar surface area (TPSA) is 124 Å². The van der Waals surface area contributed by atoms with Crippen LogP contribution < -0.4 is 0 Å². The van der Waals surface area contributed by atoms with Gasteiger partial charge in [-0.15, -0.1) is 0 Å². The number of imidazole rings is 1. The van der Waals surface area contributed by atoms with E-state index in [9.17, 15) is 23.2 Å². The summed E-state index contributed by atoms with van der Waals surface area (Å²) in [5.74, 6) is 0.0312. The number of phenols is 2. The molecule has 7 nitrogen and oxygen atoms in total. The summed E-state index contributed by atoms with van der Waals surface area (Å²) in [5.41, 5.74) is 2.19. The summed E-state index contributed by atoms with van der Waals surface area (Å²) in [6, 6.07) is 17.8. The predicted octanol–water partition coefficient (Wildman–Crippen LogP) is 5.36. The summed E-state index contributed by atoms with van der Waals surface area (Å²) in [5, 5.41) is 22.2. The van der Waals surface area contributed by atoms with E-state index in [0.29, 0.717) is 27.2 Å². The fourth-order valence-corrected chi connectivity index (χ4v) is 4.75. The van der Waals surface area contributed by atoms with Crippen molar-refractivity contribution in [2.24, 2.45) is 0 Å². The summed E-state index contributed by atoms with van der Waals surface area (Å²) < 4.78 is 33.6. The number of aromatic hydroxyl groups is 2. The Kier molecular flexibility index (Phi) is 4.59. The van der Waals surface area contributed by atoms with Crippen LogP contribution in [-0.2, 0) is 10.1 Å². The average molecular weight is 467 g/mol. The average Bonchev–Trinajstić information content (AvgIpc) is 3.16. The van der Waals surface area contributed by atoms with E-state index >= 15 is 0 Å². The van der Waals surface area contributed by atoms with Crippen molar-refractivity contribution in [3.63, 3.8) is 0 Å². The Hall–Kier alpha value is -3.59. The first-order valence-electron chi connectivity index (χ1n) is 9.44. The van der Waals surface area contributed by atoms with Crippen LogP contribution in [-0.4, -0.2) is 33.2 Å². The Morgan fingerprint density at radius 3 is 2.38 bits per heavy atom. The largest absolute Gasteiger partial charge is 0.507 e. The molecule has 1 aromatic heterocycles. The third-order valence-corrected chi connectivity index (χ3v) is 6.39. The molecule has 1 heterocycles. The van der Waals surface area contributed by atoms with Gasteiger partial charge in [0.1, 0.15) is 27.7 Å². The Bertz CT molecular complexity index is 1640. The number of benzene rings is 4. The third kappa shape index (κ3) is 3.25. The normalized spacial score (nSPS) is 11.9. The van der Waals surface area contributed by atoms with Crippen LogP contribution >= 0.6 is 11.6 Å². The van der Waals surface area contributed by atoms with Gasteiger partial charge in [0.25, 0.3) is 10.1 Å². The number of aromatic nitrogens is 2. The molecule has 0 unspecified atom stereocenters. The van der Waals surface area contributed by atoms with Crippen LogP contribution in [0.3, 0.4) is 0 Å². The monoisotopic (exact) mass is 466 g/mol. The number of nitrogens with one attached hydrogen (secondary N) is 1. The number of halogens is 1. The summed E-state index contributed by atoms with van der Waals surface area (Å²) in [6.07, 6.45) is 0. The van der Waals surface area contributed by atoms with E-state index in [1.54, 1.807) is 36.4 Å². The lowest BCUT2D eigenvalue weighted by molar-refractivity contribution is 0.478. The molecule has 0 saturated carbocycles. The molecule has 4 N–H and O–H groups in total. The Labute approximate surface area is 187 Å². The molecule has 0 fully saturated rings. The minimum atomic E-state index is -4.57. The highest BCUT2D eigenvalue weighted by molar-refractivity contribution is 7.86. The molecule has 0 saturated heterocycles. The fourth-order valence-electron chi connectivity index (χ4n) is 3.85. The van der Waals surface area contributed by atoms with E-state index in [4.69, 9.17) is 11.6 Å². The summed E-state index contributed by atoms with van der Waals surface area (Å²) in [4.78, 5) is 7.16. The molecule has 0 bridgehead atoms. The van der Waals surface area contributed by atoms with E-state index in [-0.39, 0.29) is 38.5 Å². The van der Waals surface area contributed by atoms with Gasteiger partial charge < -0.3 is 15.2 Å². The van der Waals surface area contributed by atoms with Crippen molar-refractivity contribution in [3.8, 4) is 34.0 Å². The van der Waals surface area contributed by atoms with E-state index in [1.807, 2.05) is 6.07 Å². The predicted molar refractivity (Wildman–Crippen MR) is 123 cm³/mol. The van der Waals surface area contributed by atoms with Gasteiger partial charge >= 0.3 is 0 Å². The zero-order valence-corrected chi connectivity index (χ0v) is 17.8. The van der Waals surface area contributed by atoms with Gasteiger partial charge in [0.15, 0.2) is 0 Å².